The van der Waals surface area contributed by atoms with Crippen molar-refractivity contribution < 1.29 is 4.52 Å². The fourth-order valence-corrected chi connectivity index (χ4v) is 3.25. The second kappa shape index (κ2) is 6.01. The summed E-state index contributed by atoms with van der Waals surface area (Å²) in [6.45, 7) is 5.49. The highest BCUT2D eigenvalue weighted by molar-refractivity contribution is 5.00. The summed E-state index contributed by atoms with van der Waals surface area (Å²) in [6, 6.07) is 0.633. The molecule has 2 fully saturated rings. The van der Waals surface area contributed by atoms with Gasteiger partial charge in [-0.3, -0.25) is 4.90 Å². The minimum Gasteiger partial charge on any atom is -0.338 e. The van der Waals surface area contributed by atoms with Gasteiger partial charge in [-0.15, -0.1) is 0 Å². The predicted molar refractivity (Wildman–Crippen MR) is 72.7 cm³/mol. The molecule has 106 valence electrons. The van der Waals surface area contributed by atoms with Gasteiger partial charge in [0.05, 0.1) is 12.1 Å². The minimum atomic E-state index is 0.296. The van der Waals surface area contributed by atoms with Crippen molar-refractivity contribution >= 4 is 0 Å². The van der Waals surface area contributed by atoms with Crippen LogP contribution >= 0.6 is 0 Å². The number of hydrogen-bond acceptors (Lipinski definition) is 5. The van der Waals surface area contributed by atoms with E-state index >= 15 is 0 Å². The van der Waals surface area contributed by atoms with Crippen molar-refractivity contribution in [2.24, 2.45) is 0 Å². The first-order chi connectivity index (χ1) is 9.38. The van der Waals surface area contributed by atoms with E-state index in [2.05, 4.69) is 27.3 Å². The van der Waals surface area contributed by atoms with E-state index in [1.807, 2.05) is 0 Å². The molecule has 1 N–H and O–H groups in total. The highest BCUT2D eigenvalue weighted by Gasteiger charge is 2.29. The van der Waals surface area contributed by atoms with Gasteiger partial charge in [0.1, 0.15) is 0 Å². The number of aromatic nitrogens is 2. The Labute approximate surface area is 114 Å². The largest absolute Gasteiger partial charge is 0.338 e. The first-order valence-electron chi connectivity index (χ1n) is 7.69. The molecule has 19 heavy (non-hydrogen) atoms. The zero-order valence-electron chi connectivity index (χ0n) is 11.8. The Morgan fingerprint density at radius 1 is 1.26 bits per heavy atom. The zero-order valence-corrected chi connectivity index (χ0v) is 11.8. The maximum atomic E-state index is 5.55. The second-order valence-corrected chi connectivity index (χ2v) is 5.63. The normalized spacial score (nSPS) is 29.5. The van der Waals surface area contributed by atoms with Gasteiger partial charge in [-0.2, -0.15) is 4.98 Å². The van der Waals surface area contributed by atoms with Crippen LogP contribution in [-0.2, 0) is 0 Å². The fourth-order valence-electron chi connectivity index (χ4n) is 3.25. The smallest absolute Gasteiger partial charge is 0.244 e. The van der Waals surface area contributed by atoms with Crippen molar-refractivity contribution in [2.75, 3.05) is 19.6 Å². The predicted octanol–water partition coefficient (Wildman–Crippen LogP) is 2.43. The quantitative estimate of drug-likeness (QED) is 0.908. The zero-order chi connectivity index (χ0) is 13.1. The molecule has 5 nitrogen and oxygen atoms in total. The number of nitrogens with one attached hydrogen (secondary N) is 1. The summed E-state index contributed by atoms with van der Waals surface area (Å²) in [5.74, 6) is 1.68. The Balaban J connectivity index is 1.72. The van der Waals surface area contributed by atoms with Crippen LogP contribution in [0.15, 0.2) is 4.52 Å². The first kappa shape index (κ1) is 13.1. The van der Waals surface area contributed by atoms with E-state index in [1.165, 1.54) is 25.7 Å². The molecule has 3 heterocycles. The highest BCUT2D eigenvalue weighted by atomic mass is 16.5. The van der Waals surface area contributed by atoms with Gasteiger partial charge < -0.3 is 9.84 Å². The standard InChI is InChI=1S/C14H24N4O/c1-2-18-10-6-4-8-12(18)14-16-13(17-19-14)11-7-3-5-9-15-11/h11-12,15H,2-10H2,1H3. The van der Waals surface area contributed by atoms with Crippen LogP contribution in [-0.4, -0.2) is 34.7 Å². The van der Waals surface area contributed by atoms with Crippen molar-refractivity contribution in [3.8, 4) is 0 Å². The van der Waals surface area contributed by atoms with E-state index in [-0.39, 0.29) is 0 Å². The van der Waals surface area contributed by atoms with Gasteiger partial charge in [0, 0.05) is 0 Å². The lowest BCUT2D eigenvalue weighted by Crippen LogP contribution is -2.33. The molecule has 2 unspecified atom stereocenters. The van der Waals surface area contributed by atoms with E-state index < -0.39 is 0 Å². The Morgan fingerprint density at radius 3 is 2.95 bits per heavy atom. The van der Waals surface area contributed by atoms with Gasteiger partial charge >= 0.3 is 0 Å². The monoisotopic (exact) mass is 264 g/mol. The van der Waals surface area contributed by atoms with Gasteiger partial charge in [0.2, 0.25) is 5.89 Å². The molecule has 3 rings (SSSR count). The molecule has 0 aromatic carbocycles. The second-order valence-electron chi connectivity index (χ2n) is 5.63. The lowest BCUT2D eigenvalue weighted by Gasteiger charge is -2.32. The van der Waals surface area contributed by atoms with Crippen molar-refractivity contribution in [2.45, 2.75) is 57.5 Å². The average Bonchev–Trinajstić information content (AvgIpc) is 2.98. The van der Waals surface area contributed by atoms with Gasteiger partial charge in [-0.25, -0.2) is 0 Å². The van der Waals surface area contributed by atoms with Crippen LogP contribution in [0.25, 0.3) is 0 Å². The molecule has 5 heteroatoms. The van der Waals surface area contributed by atoms with Crippen molar-refractivity contribution in [3.63, 3.8) is 0 Å². The third-order valence-electron chi connectivity index (χ3n) is 4.38. The Kier molecular flexibility index (Phi) is 4.13. The molecule has 0 aliphatic carbocycles. The molecule has 0 amide bonds. The molecule has 2 atom stereocenters. The molecular formula is C14H24N4O. The first-order valence-corrected chi connectivity index (χ1v) is 7.69. The van der Waals surface area contributed by atoms with Gasteiger partial charge in [-0.05, 0) is 45.3 Å². The molecule has 0 bridgehead atoms. The molecule has 2 saturated heterocycles. The van der Waals surface area contributed by atoms with Crippen LogP contribution in [0.3, 0.4) is 0 Å². The van der Waals surface area contributed by atoms with Crippen LogP contribution < -0.4 is 5.32 Å². The summed E-state index contributed by atoms with van der Waals surface area (Å²) < 4.78 is 5.55. The summed E-state index contributed by atoms with van der Waals surface area (Å²) in [6.07, 6.45) is 7.34. The average molecular weight is 264 g/mol. The van der Waals surface area contributed by atoms with Crippen molar-refractivity contribution in [1.82, 2.24) is 20.4 Å². The molecule has 2 aliphatic heterocycles. The molecule has 0 spiro atoms. The number of hydrogen-bond donors (Lipinski definition) is 1. The van der Waals surface area contributed by atoms with Gasteiger partial charge in [0.25, 0.3) is 0 Å². The summed E-state index contributed by atoms with van der Waals surface area (Å²) >= 11 is 0. The van der Waals surface area contributed by atoms with Crippen LogP contribution in [0.4, 0.5) is 0 Å². The molecular weight excluding hydrogens is 240 g/mol. The summed E-state index contributed by atoms with van der Waals surface area (Å²) in [7, 11) is 0. The lowest BCUT2D eigenvalue weighted by molar-refractivity contribution is 0.125. The number of piperidine rings is 2. The molecule has 0 saturated carbocycles. The topological polar surface area (TPSA) is 54.2 Å². The number of nitrogens with zero attached hydrogens (tertiary/aromatic N) is 3. The molecule has 1 aromatic heterocycles. The molecule has 1 aromatic rings. The summed E-state index contributed by atoms with van der Waals surface area (Å²) in [4.78, 5) is 7.13. The number of likely N-dealkylation sites (tertiary alicyclic amines) is 1. The lowest BCUT2D eigenvalue weighted by atomic mass is 10.0. The van der Waals surface area contributed by atoms with Crippen molar-refractivity contribution in [3.05, 3.63) is 11.7 Å². The number of rotatable bonds is 3. The van der Waals surface area contributed by atoms with Crippen molar-refractivity contribution in [1.29, 1.82) is 0 Å². The van der Waals surface area contributed by atoms with E-state index in [0.29, 0.717) is 12.1 Å². The van der Waals surface area contributed by atoms with Crippen LogP contribution in [0.2, 0.25) is 0 Å². The summed E-state index contributed by atoms with van der Waals surface area (Å²) in [5.41, 5.74) is 0. The van der Waals surface area contributed by atoms with Gasteiger partial charge in [-0.1, -0.05) is 24.9 Å². The van der Waals surface area contributed by atoms with E-state index in [0.717, 1.165) is 44.2 Å². The maximum Gasteiger partial charge on any atom is 0.244 e. The third-order valence-corrected chi connectivity index (χ3v) is 4.38. The van der Waals surface area contributed by atoms with Crippen LogP contribution in [0, 0.1) is 0 Å². The maximum absolute atomic E-state index is 5.55. The minimum absolute atomic E-state index is 0.296. The van der Waals surface area contributed by atoms with E-state index in [9.17, 15) is 0 Å². The SMILES string of the molecule is CCN1CCCCC1c1nc(C2CCCCN2)no1. The van der Waals surface area contributed by atoms with E-state index in [1.54, 1.807) is 0 Å². The van der Waals surface area contributed by atoms with Crippen LogP contribution in [0.1, 0.15) is 69.2 Å². The summed E-state index contributed by atoms with van der Waals surface area (Å²) in [5, 5.41) is 7.69. The van der Waals surface area contributed by atoms with Crippen LogP contribution in [0.5, 0.6) is 0 Å². The third kappa shape index (κ3) is 2.82. The molecule has 0 radical (unpaired) electrons. The Morgan fingerprint density at radius 2 is 2.16 bits per heavy atom. The molecule has 2 aliphatic rings. The highest BCUT2D eigenvalue weighted by Crippen LogP contribution is 2.30. The van der Waals surface area contributed by atoms with E-state index in [4.69, 9.17) is 4.52 Å². The Bertz CT molecular complexity index is 400. The Hall–Kier alpha value is -0.940. The van der Waals surface area contributed by atoms with Gasteiger partial charge in [0.15, 0.2) is 5.82 Å². The fraction of sp³-hybridized carbons (Fsp3) is 0.857.